The molecule has 4 nitrogen and oxygen atoms in total. The monoisotopic (exact) mass is 394 g/mol. The molecule has 0 fully saturated rings. The van der Waals surface area contributed by atoms with Gasteiger partial charge in [-0.3, -0.25) is 5.01 Å². The highest BCUT2D eigenvalue weighted by Gasteiger charge is 2.33. The molecule has 0 saturated carbocycles. The van der Waals surface area contributed by atoms with Crippen LogP contribution in [0.2, 0.25) is 0 Å². The molecule has 0 aromatic heterocycles. The number of ether oxygens (including phenoxy) is 1. The molecular weight excluding hydrogens is 372 g/mol. The third-order valence-corrected chi connectivity index (χ3v) is 5.63. The number of phenols is 1. The molecule has 0 saturated heterocycles. The van der Waals surface area contributed by atoms with Gasteiger partial charge in [0.1, 0.15) is 11.5 Å². The smallest absolute Gasteiger partial charge is 0.131 e. The van der Waals surface area contributed by atoms with Crippen LogP contribution in [0.1, 0.15) is 23.6 Å². The van der Waals surface area contributed by atoms with Crippen LogP contribution >= 0.6 is 0 Å². The minimum atomic E-state index is 0.0119. The zero-order chi connectivity index (χ0) is 20.5. The zero-order valence-electron chi connectivity index (χ0n) is 16.7. The van der Waals surface area contributed by atoms with Crippen molar-refractivity contribution in [3.8, 4) is 11.5 Å². The Kier molecular flexibility index (Phi) is 4.60. The summed E-state index contributed by atoms with van der Waals surface area (Å²) in [4.78, 5) is 0. The fourth-order valence-electron chi connectivity index (χ4n) is 4.24. The van der Waals surface area contributed by atoms with E-state index in [0.717, 1.165) is 11.4 Å². The molecule has 0 amide bonds. The third kappa shape index (κ3) is 3.07. The zero-order valence-corrected chi connectivity index (χ0v) is 16.7. The highest BCUT2D eigenvalue weighted by Crippen LogP contribution is 2.42. The van der Waals surface area contributed by atoms with Crippen LogP contribution in [-0.4, -0.2) is 17.9 Å². The normalized spacial score (nSPS) is 16.0. The molecule has 1 heterocycles. The second-order valence-corrected chi connectivity index (χ2v) is 7.37. The van der Waals surface area contributed by atoms with Crippen LogP contribution in [0.25, 0.3) is 10.8 Å². The summed E-state index contributed by atoms with van der Waals surface area (Å²) in [5.74, 6) is 0.806. The van der Waals surface area contributed by atoms with Crippen molar-refractivity contribution in [2.75, 3.05) is 12.1 Å². The summed E-state index contributed by atoms with van der Waals surface area (Å²) in [7, 11) is 1.62. The highest BCUT2D eigenvalue weighted by atomic mass is 16.5. The van der Waals surface area contributed by atoms with E-state index >= 15 is 0 Å². The molecule has 1 aliphatic heterocycles. The standard InChI is InChI=1S/C26H22N2O2/c1-30-25-16-8-15-24(29)26(25)22-17-23(28(27-22)19-11-3-2-4-12-19)21-14-7-10-18-9-5-6-13-20(18)21/h2-16,23,29H,17H2,1H3. The summed E-state index contributed by atoms with van der Waals surface area (Å²) >= 11 is 0. The quantitative estimate of drug-likeness (QED) is 0.468. The van der Waals surface area contributed by atoms with Crippen LogP contribution in [-0.2, 0) is 0 Å². The lowest BCUT2D eigenvalue weighted by atomic mass is 9.93. The fraction of sp³-hybridized carbons (Fsp3) is 0.115. The number of fused-ring (bicyclic) bond motifs is 1. The van der Waals surface area contributed by atoms with Crippen molar-refractivity contribution < 1.29 is 9.84 Å². The van der Waals surface area contributed by atoms with Crippen molar-refractivity contribution in [2.45, 2.75) is 12.5 Å². The Morgan fingerprint density at radius 2 is 1.60 bits per heavy atom. The van der Waals surface area contributed by atoms with Gasteiger partial charge in [-0.2, -0.15) is 5.10 Å². The molecule has 4 aromatic carbocycles. The minimum absolute atomic E-state index is 0.0119. The summed E-state index contributed by atoms with van der Waals surface area (Å²) in [6.07, 6.45) is 0.664. The molecular formula is C26H22N2O2. The van der Waals surface area contributed by atoms with E-state index in [1.807, 2.05) is 24.3 Å². The van der Waals surface area contributed by atoms with Crippen molar-refractivity contribution in [1.29, 1.82) is 0 Å². The molecule has 1 unspecified atom stereocenters. The maximum atomic E-state index is 10.6. The number of hydrogen-bond acceptors (Lipinski definition) is 4. The van der Waals surface area contributed by atoms with Crippen LogP contribution in [0.5, 0.6) is 11.5 Å². The van der Waals surface area contributed by atoms with E-state index in [1.54, 1.807) is 19.2 Å². The van der Waals surface area contributed by atoms with Gasteiger partial charge < -0.3 is 9.84 Å². The average molecular weight is 394 g/mol. The number of hydrogen-bond donors (Lipinski definition) is 1. The second kappa shape index (κ2) is 7.56. The third-order valence-electron chi connectivity index (χ3n) is 5.63. The summed E-state index contributed by atoms with van der Waals surface area (Å²) in [5, 5.41) is 20.0. The van der Waals surface area contributed by atoms with E-state index in [2.05, 4.69) is 59.6 Å². The molecule has 4 heteroatoms. The van der Waals surface area contributed by atoms with Crippen molar-refractivity contribution in [1.82, 2.24) is 0 Å². The van der Waals surface area contributed by atoms with E-state index in [9.17, 15) is 5.11 Å². The van der Waals surface area contributed by atoms with Gasteiger partial charge in [0.25, 0.3) is 0 Å². The molecule has 30 heavy (non-hydrogen) atoms. The van der Waals surface area contributed by atoms with Gasteiger partial charge in [-0.15, -0.1) is 0 Å². The van der Waals surface area contributed by atoms with Crippen LogP contribution in [0.4, 0.5) is 5.69 Å². The molecule has 5 rings (SSSR count). The summed E-state index contributed by atoms with van der Waals surface area (Å²) in [5.41, 5.74) is 3.69. The van der Waals surface area contributed by atoms with E-state index in [0.29, 0.717) is 17.7 Å². The first-order valence-corrected chi connectivity index (χ1v) is 10.0. The van der Waals surface area contributed by atoms with Gasteiger partial charge in [0, 0.05) is 6.42 Å². The van der Waals surface area contributed by atoms with E-state index in [-0.39, 0.29) is 11.8 Å². The number of anilines is 1. The Morgan fingerprint density at radius 1 is 0.867 bits per heavy atom. The SMILES string of the molecule is COc1cccc(O)c1C1=NN(c2ccccc2)C(c2cccc3ccccc23)C1. The van der Waals surface area contributed by atoms with Crippen LogP contribution < -0.4 is 9.75 Å². The molecule has 0 bridgehead atoms. The second-order valence-electron chi connectivity index (χ2n) is 7.37. The Morgan fingerprint density at radius 3 is 2.43 bits per heavy atom. The number of rotatable bonds is 4. The number of aromatic hydroxyl groups is 1. The van der Waals surface area contributed by atoms with Crippen molar-refractivity contribution >= 4 is 22.2 Å². The van der Waals surface area contributed by atoms with Gasteiger partial charge in [0.2, 0.25) is 0 Å². The Bertz CT molecular complexity index is 1230. The summed E-state index contributed by atoms with van der Waals surface area (Å²) in [6.45, 7) is 0. The van der Waals surface area contributed by atoms with Gasteiger partial charge in [-0.05, 0) is 40.6 Å². The maximum Gasteiger partial charge on any atom is 0.131 e. The maximum absolute atomic E-state index is 10.6. The van der Waals surface area contributed by atoms with Gasteiger partial charge in [-0.1, -0.05) is 66.7 Å². The Hall–Kier alpha value is -3.79. The van der Waals surface area contributed by atoms with E-state index in [4.69, 9.17) is 9.84 Å². The molecule has 0 spiro atoms. The lowest BCUT2D eigenvalue weighted by Gasteiger charge is -2.25. The molecule has 0 aliphatic carbocycles. The van der Waals surface area contributed by atoms with Crippen LogP contribution in [0.15, 0.2) is 96.1 Å². The summed E-state index contributed by atoms with van der Waals surface area (Å²) in [6, 6.07) is 30.3. The fourth-order valence-corrected chi connectivity index (χ4v) is 4.24. The summed E-state index contributed by atoms with van der Waals surface area (Å²) < 4.78 is 5.53. The van der Waals surface area contributed by atoms with Gasteiger partial charge in [0.05, 0.1) is 30.1 Å². The Labute approximate surface area is 175 Å². The molecule has 148 valence electrons. The first kappa shape index (κ1) is 18.3. The van der Waals surface area contributed by atoms with Crippen molar-refractivity contribution in [3.63, 3.8) is 0 Å². The molecule has 0 radical (unpaired) electrons. The van der Waals surface area contributed by atoms with E-state index < -0.39 is 0 Å². The number of para-hydroxylation sites is 1. The Balaban J connectivity index is 1.67. The van der Waals surface area contributed by atoms with Crippen molar-refractivity contribution in [2.24, 2.45) is 5.10 Å². The van der Waals surface area contributed by atoms with E-state index in [1.165, 1.54) is 16.3 Å². The van der Waals surface area contributed by atoms with Gasteiger partial charge in [-0.25, -0.2) is 0 Å². The average Bonchev–Trinajstić information content (AvgIpc) is 3.23. The molecule has 1 N–H and O–H groups in total. The highest BCUT2D eigenvalue weighted by molar-refractivity contribution is 6.07. The first-order valence-electron chi connectivity index (χ1n) is 10.0. The minimum Gasteiger partial charge on any atom is -0.507 e. The lowest BCUT2D eigenvalue weighted by Crippen LogP contribution is -2.18. The van der Waals surface area contributed by atoms with Crippen molar-refractivity contribution in [3.05, 3.63) is 102 Å². The molecule has 1 atom stereocenters. The number of hydrazone groups is 1. The molecule has 1 aliphatic rings. The largest absolute Gasteiger partial charge is 0.507 e. The topological polar surface area (TPSA) is 45.1 Å². The number of phenolic OH excluding ortho intramolecular Hbond substituents is 1. The van der Waals surface area contributed by atoms with Gasteiger partial charge >= 0.3 is 0 Å². The number of benzene rings is 4. The predicted octanol–water partition coefficient (Wildman–Crippen LogP) is 5.91. The first-order chi connectivity index (χ1) is 14.8. The lowest BCUT2D eigenvalue weighted by molar-refractivity contribution is 0.406. The van der Waals surface area contributed by atoms with Crippen LogP contribution in [0, 0.1) is 0 Å². The van der Waals surface area contributed by atoms with Gasteiger partial charge in [0.15, 0.2) is 0 Å². The predicted molar refractivity (Wildman–Crippen MR) is 121 cm³/mol. The molecule has 4 aromatic rings. The number of methoxy groups -OCH3 is 1. The van der Waals surface area contributed by atoms with Crippen LogP contribution in [0.3, 0.4) is 0 Å². The number of nitrogens with zero attached hydrogens (tertiary/aromatic N) is 2.